The summed E-state index contributed by atoms with van der Waals surface area (Å²) < 4.78 is 12.8. The van der Waals surface area contributed by atoms with Crippen molar-refractivity contribution < 1.29 is 14.3 Å². The van der Waals surface area contributed by atoms with Crippen LogP contribution in [0.4, 0.5) is 0 Å². The van der Waals surface area contributed by atoms with Crippen LogP contribution in [0.25, 0.3) is 5.69 Å². The highest BCUT2D eigenvalue weighted by molar-refractivity contribution is 5.78. The van der Waals surface area contributed by atoms with Gasteiger partial charge in [-0.15, -0.1) is 5.10 Å². The molecule has 1 aromatic carbocycles. The summed E-state index contributed by atoms with van der Waals surface area (Å²) in [6.07, 6.45) is 3.46. The Balaban J connectivity index is 1.34. The molecule has 27 heavy (non-hydrogen) atoms. The third-order valence-corrected chi connectivity index (χ3v) is 5.59. The Labute approximate surface area is 157 Å². The van der Waals surface area contributed by atoms with E-state index in [9.17, 15) is 4.79 Å². The summed E-state index contributed by atoms with van der Waals surface area (Å²) in [6, 6.07) is 7.33. The van der Waals surface area contributed by atoms with Crippen molar-refractivity contribution in [3.8, 4) is 11.4 Å². The van der Waals surface area contributed by atoms with Gasteiger partial charge in [0, 0.05) is 38.4 Å². The van der Waals surface area contributed by atoms with E-state index >= 15 is 0 Å². The van der Waals surface area contributed by atoms with E-state index in [1.165, 1.54) is 6.33 Å². The molecule has 2 aromatic rings. The number of piperazine rings is 1. The minimum atomic E-state index is 0.0264. The number of hydrogen-bond donors (Lipinski definition) is 0. The van der Waals surface area contributed by atoms with Gasteiger partial charge in [-0.2, -0.15) is 0 Å². The Hall–Kier alpha value is -2.52. The van der Waals surface area contributed by atoms with Gasteiger partial charge in [0.2, 0.25) is 0 Å². The lowest BCUT2D eigenvalue weighted by molar-refractivity contribution is -0.141. The average Bonchev–Trinajstić information content (AvgIpc) is 3.24. The number of tetrazole rings is 1. The highest BCUT2D eigenvalue weighted by Gasteiger charge is 2.42. The lowest BCUT2D eigenvalue weighted by Gasteiger charge is -2.51. The third-order valence-electron chi connectivity index (χ3n) is 5.59. The number of nitrogens with zero attached hydrogens (tertiary/aromatic N) is 6. The Bertz CT molecular complexity index is 758. The van der Waals surface area contributed by atoms with E-state index in [1.807, 2.05) is 29.2 Å². The fourth-order valence-corrected chi connectivity index (χ4v) is 3.78. The molecule has 3 heterocycles. The number of likely N-dealkylation sites (N-methyl/N-ethyl adjacent to an activating group) is 1. The summed E-state index contributed by atoms with van der Waals surface area (Å²) in [5.41, 5.74) is 0.874. The summed E-state index contributed by atoms with van der Waals surface area (Å²) in [5, 5.41) is 11.1. The predicted molar refractivity (Wildman–Crippen MR) is 96.6 cm³/mol. The van der Waals surface area contributed by atoms with Gasteiger partial charge in [0.05, 0.1) is 5.69 Å². The molecule has 0 aliphatic carbocycles. The molecule has 2 aliphatic heterocycles. The second-order valence-electron chi connectivity index (χ2n) is 7.11. The summed E-state index contributed by atoms with van der Waals surface area (Å²) in [4.78, 5) is 17.0. The van der Waals surface area contributed by atoms with Gasteiger partial charge in [0.15, 0.2) is 6.61 Å². The maximum atomic E-state index is 12.7. The summed E-state index contributed by atoms with van der Waals surface area (Å²) in [7, 11) is 2.15. The van der Waals surface area contributed by atoms with Gasteiger partial charge in [-0.3, -0.25) is 9.69 Å². The molecule has 9 nitrogen and oxygen atoms in total. The van der Waals surface area contributed by atoms with Crippen molar-refractivity contribution in [3.63, 3.8) is 0 Å². The highest BCUT2D eigenvalue weighted by atomic mass is 16.5. The van der Waals surface area contributed by atoms with Crippen LogP contribution in [0.15, 0.2) is 30.6 Å². The zero-order valence-electron chi connectivity index (χ0n) is 15.5. The zero-order chi connectivity index (χ0) is 18.7. The maximum Gasteiger partial charge on any atom is 0.260 e. The van der Waals surface area contributed by atoms with Crippen LogP contribution >= 0.6 is 0 Å². The largest absolute Gasteiger partial charge is 0.484 e. The third kappa shape index (κ3) is 3.79. The van der Waals surface area contributed by atoms with Gasteiger partial charge in [-0.25, -0.2) is 4.68 Å². The first-order valence-corrected chi connectivity index (χ1v) is 9.19. The number of ether oxygens (including phenoxy) is 2. The fourth-order valence-electron chi connectivity index (χ4n) is 3.78. The molecule has 9 heteroatoms. The van der Waals surface area contributed by atoms with Crippen molar-refractivity contribution in [2.75, 3.05) is 46.5 Å². The molecule has 0 N–H and O–H groups in total. The molecule has 144 valence electrons. The molecule has 0 bridgehead atoms. The van der Waals surface area contributed by atoms with Crippen LogP contribution in [0.3, 0.4) is 0 Å². The van der Waals surface area contributed by atoms with Crippen LogP contribution < -0.4 is 4.74 Å². The Morgan fingerprint density at radius 2 is 2.00 bits per heavy atom. The molecule has 0 saturated carbocycles. The van der Waals surface area contributed by atoms with E-state index in [0.717, 1.165) is 51.4 Å². The monoisotopic (exact) mass is 372 g/mol. The molecule has 0 unspecified atom stereocenters. The molecule has 4 rings (SSSR count). The number of carbonyl (C=O) groups is 1. The fraction of sp³-hybridized carbons (Fsp3) is 0.556. The topological polar surface area (TPSA) is 85.6 Å². The molecule has 2 aliphatic rings. The van der Waals surface area contributed by atoms with Crippen molar-refractivity contribution in [1.82, 2.24) is 30.0 Å². The molecular weight excluding hydrogens is 348 g/mol. The first kappa shape index (κ1) is 17.9. The second-order valence-corrected chi connectivity index (χ2v) is 7.11. The van der Waals surface area contributed by atoms with Gasteiger partial charge in [-0.1, -0.05) is 0 Å². The summed E-state index contributed by atoms with van der Waals surface area (Å²) in [5.74, 6) is 0.675. The zero-order valence-corrected chi connectivity index (χ0v) is 15.5. The van der Waals surface area contributed by atoms with Crippen LogP contribution in [-0.2, 0) is 9.53 Å². The normalized spacial score (nSPS) is 20.0. The SMILES string of the molecule is CN1CCN(C(=O)COc2ccc(-n3cnnn3)cc2)CC12CCOCC2. The van der Waals surface area contributed by atoms with Crippen molar-refractivity contribution in [2.24, 2.45) is 0 Å². The van der Waals surface area contributed by atoms with E-state index in [2.05, 4.69) is 27.5 Å². The van der Waals surface area contributed by atoms with Gasteiger partial charge in [0.25, 0.3) is 5.91 Å². The average molecular weight is 372 g/mol. The smallest absolute Gasteiger partial charge is 0.260 e. The van der Waals surface area contributed by atoms with Crippen molar-refractivity contribution in [1.29, 1.82) is 0 Å². The Morgan fingerprint density at radius 1 is 1.22 bits per heavy atom. The molecule has 1 aromatic heterocycles. The van der Waals surface area contributed by atoms with Crippen molar-refractivity contribution >= 4 is 5.91 Å². The van der Waals surface area contributed by atoms with E-state index in [0.29, 0.717) is 5.75 Å². The number of hydrogen-bond acceptors (Lipinski definition) is 7. The first-order chi connectivity index (χ1) is 13.2. The molecule has 2 saturated heterocycles. The number of aromatic nitrogens is 4. The van der Waals surface area contributed by atoms with E-state index in [-0.39, 0.29) is 18.1 Å². The molecule has 2 fully saturated rings. The minimum Gasteiger partial charge on any atom is -0.484 e. The van der Waals surface area contributed by atoms with Crippen molar-refractivity contribution in [2.45, 2.75) is 18.4 Å². The van der Waals surface area contributed by atoms with Crippen LogP contribution in [0.5, 0.6) is 5.75 Å². The van der Waals surface area contributed by atoms with Crippen LogP contribution in [0, 0.1) is 0 Å². The van der Waals surface area contributed by atoms with Gasteiger partial charge >= 0.3 is 0 Å². The Kier molecular flexibility index (Phi) is 5.04. The number of rotatable bonds is 4. The summed E-state index contributed by atoms with van der Waals surface area (Å²) >= 11 is 0. The Morgan fingerprint density at radius 3 is 2.70 bits per heavy atom. The molecule has 0 atom stereocenters. The predicted octanol–water partition coefficient (Wildman–Crippen LogP) is 0.364. The highest BCUT2D eigenvalue weighted by Crippen LogP contribution is 2.30. The van der Waals surface area contributed by atoms with Crippen LogP contribution in [-0.4, -0.2) is 88.0 Å². The number of carbonyl (C=O) groups excluding carboxylic acids is 1. The van der Waals surface area contributed by atoms with Crippen LogP contribution in [0.1, 0.15) is 12.8 Å². The lowest BCUT2D eigenvalue weighted by Crippen LogP contribution is -2.64. The standard InChI is InChI=1S/C18H24N6O3/c1-22-8-9-23(13-18(22)6-10-26-11-7-18)17(25)12-27-16-4-2-15(3-5-16)24-14-19-20-21-24/h2-5,14H,6-13H2,1H3. The number of amides is 1. The van der Waals surface area contributed by atoms with Gasteiger partial charge in [-0.05, 0) is 54.6 Å². The van der Waals surface area contributed by atoms with E-state index in [4.69, 9.17) is 9.47 Å². The summed E-state index contributed by atoms with van der Waals surface area (Å²) in [6.45, 7) is 3.92. The lowest BCUT2D eigenvalue weighted by atomic mass is 9.86. The maximum absolute atomic E-state index is 12.7. The van der Waals surface area contributed by atoms with Crippen LogP contribution in [0.2, 0.25) is 0 Å². The van der Waals surface area contributed by atoms with E-state index in [1.54, 1.807) is 4.68 Å². The second kappa shape index (κ2) is 7.61. The molecular formula is C18H24N6O3. The van der Waals surface area contributed by atoms with Gasteiger partial charge < -0.3 is 14.4 Å². The van der Waals surface area contributed by atoms with E-state index < -0.39 is 0 Å². The minimum absolute atomic E-state index is 0.0264. The van der Waals surface area contributed by atoms with Gasteiger partial charge in [0.1, 0.15) is 12.1 Å². The van der Waals surface area contributed by atoms with Crippen molar-refractivity contribution in [3.05, 3.63) is 30.6 Å². The molecule has 1 amide bonds. The molecule has 0 radical (unpaired) electrons. The quantitative estimate of drug-likeness (QED) is 0.766. The molecule has 1 spiro atoms. The number of benzene rings is 1. The first-order valence-electron chi connectivity index (χ1n) is 9.19.